The number of fused-ring (bicyclic) bond motifs is 1. The molecule has 2 nitrogen and oxygen atoms in total. The van der Waals surface area contributed by atoms with Crippen molar-refractivity contribution < 1.29 is 13.5 Å². The largest absolute Gasteiger partial charge is 0.493 e. The van der Waals surface area contributed by atoms with Gasteiger partial charge in [-0.15, -0.1) is 0 Å². The lowest BCUT2D eigenvalue weighted by molar-refractivity contribution is -0.0498. The molecule has 1 aliphatic rings. The lowest BCUT2D eigenvalue weighted by Gasteiger charge is -2.28. The highest BCUT2D eigenvalue weighted by molar-refractivity contribution is 5.80. The second-order valence-electron chi connectivity index (χ2n) is 5.34. The number of benzene rings is 1. The van der Waals surface area contributed by atoms with Gasteiger partial charge in [0.25, 0.3) is 0 Å². The van der Waals surface area contributed by atoms with Crippen LogP contribution in [-0.2, 0) is 0 Å². The first-order valence-corrected chi connectivity index (χ1v) is 6.70. The number of ether oxygens (including phenoxy) is 1. The van der Waals surface area contributed by atoms with E-state index in [2.05, 4.69) is 4.98 Å². The molecule has 1 saturated carbocycles. The van der Waals surface area contributed by atoms with E-state index in [1.807, 2.05) is 30.5 Å². The van der Waals surface area contributed by atoms with E-state index in [4.69, 9.17) is 4.74 Å². The van der Waals surface area contributed by atoms with Crippen LogP contribution in [0.15, 0.2) is 30.5 Å². The summed E-state index contributed by atoms with van der Waals surface area (Å²) in [5, 5.41) is 1.10. The molecule has 0 atom stereocenters. The van der Waals surface area contributed by atoms with Gasteiger partial charge in [0, 0.05) is 29.9 Å². The third-order valence-corrected chi connectivity index (χ3v) is 3.85. The molecule has 1 fully saturated rings. The number of hydrogen-bond donors (Lipinski definition) is 1. The van der Waals surface area contributed by atoms with Crippen LogP contribution in [0.1, 0.15) is 25.7 Å². The van der Waals surface area contributed by atoms with Crippen molar-refractivity contribution in [1.29, 1.82) is 0 Å². The fourth-order valence-electron chi connectivity index (χ4n) is 2.60. The summed E-state index contributed by atoms with van der Waals surface area (Å²) in [4.78, 5) is 3.12. The lowest BCUT2D eigenvalue weighted by atomic mass is 9.87. The Kier molecular flexibility index (Phi) is 3.17. The van der Waals surface area contributed by atoms with Gasteiger partial charge in [0.05, 0.1) is 6.61 Å². The molecule has 0 amide bonds. The van der Waals surface area contributed by atoms with E-state index in [-0.39, 0.29) is 18.8 Å². The van der Waals surface area contributed by atoms with Crippen LogP contribution in [0, 0.1) is 5.92 Å². The number of alkyl halides is 2. The Morgan fingerprint density at radius 1 is 1.21 bits per heavy atom. The second kappa shape index (κ2) is 4.83. The van der Waals surface area contributed by atoms with Crippen LogP contribution >= 0.6 is 0 Å². The summed E-state index contributed by atoms with van der Waals surface area (Å²) in [5.74, 6) is -1.40. The van der Waals surface area contributed by atoms with Crippen molar-refractivity contribution in [1.82, 2.24) is 4.98 Å². The van der Waals surface area contributed by atoms with Crippen molar-refractivity contribution >= 4 is 10.9 Å². The molecule has 3 rings (SSSR count). The Balaban J connectivity index is 1.57. The zero-order chi connectivity index (χ0) is 13.3. The van der Waals surface area contributed by atoms with Crippen molar-refractivity contribution in [3.05, 3.63) is 30.5 Å². The number of hydrogen-bond acceptors (Lipinski definition) is 1. The van der Waals surface area contributed by atoms with Crippen LogP contribution in [0.3, 0.4) is 0 Å². The maximum absolute atomic E-state index is 13.0. The van der Waals surface area contributed by atoms with Gasteiger partial charge in [0.1, 0.15) is 5.75 Å². The first kappa shape index (κ1) is 12.5. The third kappa shape index (κ3) is 2.88. The maximum atomic E-state index is 13.0. The first-order valence-electron chi connectivity index (χ1n) is 6.70. The fraction of sp³-hybridized carbons (Fsp3) is 0.467. The monoisotopic (exact) mass is 265 g/mol. The predicted octanol–water partition coefficient (Wildman–Crippen LogP) is 4.37. The van der Waals surface area contributed by atoms with Gasteiger partial charge in [-0.1, -0.05) is 0 Å². The van der Waals surface area contributed by atoms with E-state index in [0.717, 1.165) is 16.7 Å². The van der Waals surface area contributed by atoms with E-state index in [0.29, 0.717) is 19.4 Å². The molecule has 0 radical (unpaired) electrons. The predicted molar refractivity (Wildman–Crippen MR) is 70.7 cm³/mol. The average Bonchev–Trinajstić information content (AvgIpc) is 2.85. The summed E-state index contributed by atoms with van der Waals surface area (Å²) in [6, 6.07) is 7.85. The molecule has 1 aromatic heterocycles. The quantitative estimate of drug-likeness (QED) is 0.875. The van der Waals surface area contributed by atoms with Crippen LogP contribution in [0.25, 0.3) is 10.9 Å². The van der Waals surface area contributed by atoms with Crippen molar-refractivity contribution in [2.24, 2.45) is 5.92 Å². The first-order chi connectivity index (χ1) is 9.12. The summed E-state index contributed by atoms with van der Waals surface area (Å²) >= 11 is 0. The van der Waals surface area contributed by atoms with Gasteiger partial charge in [-0.3, -0.25) is 0 Å². The Morgan fingerprint density at radius 2 is 2.00 bits per heavy atom. The van der Waals surface area contributed by atoms with Gasteiger partial charge in [-0.25, -0.2) is 8.78 Å². The molecular weight excluding hydrogens is 248 g/mol. The molecule has 1 aliphatic carbocycles. The molecule has 1 N–H and O–H groups in total. The minimum Gasteiger partial charge on any atom is -0.493 e. The minimum atomic E-state index is -2.46. The average molecular weight is 265 g/mol. The molecule has 2 aromatic rings. The van der Waals surface area contributed by atoms with Crippen LogP contribution in [0.4, 0.5) is 8.78 Å². The normalized spacial score (nSPS) is 19.7. The Labute approximate surface area is 110 Å². The van der Waals surface area contributed by atoms with E-state index in [9.17, 15) is 8.78 Å². The number of aromatic amines is 1. The van der Waals surface area contributed by atoms with Gasteiger partial charge in [-0.2, -0.15) is 0 Å². The summed E-state index contributed by atoms with van der Waals surface area (Å²) in [6.45, 7) is 0.534. The summed E-state index contributed by atoms with van der Waals surface area (Å²) in [7, 11) is 0. The smallest absolute Gasteiger partial charge is 0.248 e. The second-order valence-corrected chi connectivity index (χ2v) is 5.34. The molecule has 0 spiro atoms. The molecule has 4 heteroatoms. The lowest BCUT2D eigenvalue weighted by Crippen LogP contribution is -2.27. The number of halogens is 2. The molecule has 102 valence electrons. The SMILES string of the molecule is FC1(F)CCC(COc2ccc3[nH]ccc3c2)CC1. The Bertz CT molecular complexity index is 554. The summed E-state index contributed by atoms with van der Waals surface area (Å²) in [6.07, 6.45) is 2.99. The van der Waals surface area contributed by atoms with Crippen LogP contribution in [0.5, 0.6) is 5.75 Å². The highest BCUT2D eigenvalue weighted by Crippen LogP contribution is 2.36. The molecule has 1 heterocycles. The highest BCUT2D eigenvalue weighted by Gasteiger charge is 2.34. The molecule has 0 bridgehead atoms. The Hall–Kier alpha value is -1.58. The number of nitrogens with one attached hydrogen (secondary N) is 1. The third-order valence-electron chi connectivity index (χ3n) is 3.85. The molecule has 0 unspecified atom stereocenters. The number of rotatable bonds is 3. The fourth-order valence-corrected chi connectivity index (χ4v) is 2.60. The highest BCUT2D eigenvalue weighted by atomic mass is 19.3. The van der Waals surface area contributed by atoms with Gasteiger partial charge >= 0.3 is 0 Å². The van der Waals surface area contributed by atoms with Crippen LogP contribution < -0.4 is 4.74 Å². The topological polar surface area (TPSA) is 25.0 Å². The molecular formula is C15H17F2NO. The minimum absolute atomic E-state index is 0.00211. The van der Waals surface area contributed by atoms with Crippen LogP contribution in [0.2, 0.25) is 0 Å². The molecule has 19 heavy (non-hydrogen) atoms. The molecule has 0 saturated heterocycles. The van der Waals surface area contributed by atoms with E-state index >= 15 is 0 Å². The van der Waals surface area contributed by atoms with Crippen molar-refractivity contribution in [2.45, 2.75) is 31.6 Å². The summed E-state index contributed by atoms with van der Waals surface area (Å²) < 4.78 is 31.8. The van der Waals surface area contributed by atoms with E-state index in [1.54, 1.807) is 0 Å². The standard InChI is InChI=1S/C15H17F2NO/c16-15(17)6-3-11(4-7-15)10-19-13-1-2-14-12(9-13)5-8-18-14/h1-2,5,8-9,11,18H,3-4,6-7,10H2. The maximum Gasteiger partial charge on any atom is 0.248 e. The van der Waals surface area contributed by atoms with Gasteiger partial charge in [0.15, 0.2) is 0 Å². The molecule has 0 aliphatic heterocycles. The van der Waals surface area contributed by atoms with Gasteiger partial charge in [-0.05, 0) is 43.0 Å². The van der Waals surface area contributed by atoms with Crippen molar-refractivity contribution in [3.63, 3.8) is 0 Å². The van der Waals surface area contributed by atoms with Gasteiger partial charge < -0.3 is 9.72 Å². The molecule has 1 aromatic carbocycles. The van der Waals surface area contributed by atoms with Gasteiger partial charge in [0.2, 0.25) is 5.92 Å². The number of aromatic nitrogens is 1. The number of H-pyrrole nitrogens is 1. The van der Waals surface area contributed by atoms with E-state index in [1.165, 1.54) is 0 Å². The van der Waals surface area contributed by atoms with Crippen molar-refractivity contribution in [2.75, 3.05) is 6.61 Å². The van der Waals surface area contributed by atoms with Crippen LogP contribution in [-0.4, -0.2) is 17.5 Å². The van der Waals surface area contributed by atoms with E-state index < -0.39 is 5.92 Å². The van der Waals surface area contributed by atoms with Crippen molar-refractivity contribution in [3.8, 4) is 5.75 Å². The Morgan fingerprint density at radius 3 is 2.79 bits per heavy atom. The zero-order valence-corrected chi connectivity index (χ0v) is 10.7. The zero-order valence-electron chi connectivity index (χ0n) is 10.7. The summed E-state index contributed by atoms with van der Waals surface area (Å²) in [5.41, 5.74) is 1.07.